The van der Waals surface area contributed by atoms with E-state index in [4.69, 9.17) is 22.1 Å². The molecule has 0 radical (unpaired) electrons. The van der Waals surface area contributed by atoms with Gasteiger partial charge in [0.1, 0.15) is 0 Å². The molecule has 19 heavy (non-hydrogen) atoms. The standard InChI is InChI=1S/C10H12ClN7O/c11-7-1-2-8(15-14-7)18-9(12)13-10(16-18)17-3-5-19-6-4-17/h1-2H,3-6H2,(H2,12,13,16). The molecule has 0 unspecified atom stereocenters. The highest BCUT2D eigenvalue weighted by Crippen LogP contribution is 2.16. The maximum atomic E-state index is 5.85. The first-order valence-electron chi connectivity index (χ1n) is 5.79. The lowest BCUT2D eigenvalue weighted by atomic mass is 10.4. The maximum absolute atomic E-state index is 5.85. The van der Waals surface area contributed by atoms with Gasteiger partial charge in [0.25, 0.3) is 0 Å². The van der Waals surface area contributed by atoms with Gasteiger partial charge in [0.05, 0.1) is 13.2 Å². The molecule has 0 saturated carbocycles. The van der Waals surface area contributed by atoms with E-state index in [-0.39, 0.29) is 5.95 Å². The minimum atomic E-state index is 0.262. The number of hydrogen-bond acceptors (Lipinski definition) is 7. The van der Waals surface area contributed by atoms with Crippen molar-refractivity contribution in [2.45, 2.75) is 0 Å². The Morgan fingerprint density at radius 2 is 2.00 bits per heavy atom. The lowest BCUT2D eigenvalue weighted by molar-refractivity contribution is 0.122. The summed E-state index contributed by atoms with van der Waals surface area (Å²) in [6, 6.07) is 3.31. The smallest absolute Gasteiger partial charge is 0.247 e. The molecule has 0 aromatic carbocycles. The number of halogens is 1. The minimum absolute atomic E-state index is 0.262. The van der Waals surface area contributed by atoms with Crippen LogP contribution in [0.3, 0.4) is 0 Å². The highest BCUT2D eigenvalue weighted by Gasteiger charge is 2.18. The number of hydrogen-bond donors (Lipinski definition) is 1. The van der Waals surface area contributed by atoms with E-state index in [0.29, 0.717) is 30.1 Å². The van der Waals surface area contributed by atoms with Crippen molar-refractivity contribution >= 4 is 23.5 Å². The summed E-state index contributed by atoms with van der Waals surface area (Å²) < 4.78 is 6.72. The second kappa shape index (κ2) is 4.98. The first kappa shape index (κ1) is 12.1. The molecule has 1 saturated heterocycles. The molecule has 0 atom stereocenters. The number of aromatic nitrogens is 5. The van der Waals surface area contributed by atoms with E-state index >= 15 is 0 Å². The van der Waals surface area contributed by atoms with Crippen LogP contribution in [0.1, 0.15) is 0 Å². The third-order valence-electron chi connectivity index (χ3n) is 2.75. The van der Waals surface area contributed by atoms with E-state index in [9.17, 15) is 0 Å². The van der Waals surface area contributed by atoms with Gasteiger partial charge in [-0.2, -0.15) is 9.67 Å². The average Bonchev–Trinajstić information content (AvgIpc) is 2.83. The van der Waals surface area contributed by atoms with Gasteiger partial charge in [0, 0.05) is 13.1 Å². The van der Waals surface area contributed by atoms with Crippen molar-refractivity contribution in [2.24, 2.45) is 0 Å². The minimum Gasteiger partial charge on any atom is -0.378 e. The molecule has 2 N–H and O–H groups in total. The monoisotopic (exact) mass is 281 g/mol. The summed E-state index contributed by atoms with van der Waals surface area (Å²) in [7, 11) is 0. The molecule has 0 aliphatic carbocycles. The highest BCUT2D eigenvalue weighted by molar-refractivity contribution is 6.29. The summed E-state index contributed by atoms with van der Waals surface area (Å²) in [5.74, 6) is 1.31. The highest BCUT2D eigenvalue weighted by atomic mass is 35.5. The molecule has 0 spiro atoms. The summed E-state index contributed by atoms with van der Waals surface area (Å²) in [6.07, 6.45) is 0. The van der Waals surface area contributed by atoms with Crippen LogP contribution in [-0.4, -0.2) is 51.3 Å². The molecule has 8 nitrogen and oxygen atoms in total. The average molecular weight is 282 g/mol. The predicted octanol–water partition coefficient (Wildman–Crippen LogP) is 0.129. The van der Waals surface area contributed by atoms with Crippen molar-refractivity contribution in [1.29, 1.82) is 0 Å². The molecular weight excluding hydrogens is 270 g/mol. The fourth-order valence-corrected chi connectivity index (χ4v) is 1.90. The summed E-state index contributed by atoms with van der Waals surface area (Å²) in [5, 5.41) is 12.3. The van der Waals surface area contributed by atoms with Crippen molar-refractivity contribution in [3.8, 4) is 5.82 Å². The van der Waals surface area contributed by atoms with E-state index in [1.54, 1.807) is 12.1 Å². The van der Waals surface area contributed by atoms with Crippen LogP contribution >= 0.6 is 11.6 Å². The quantitative estimate of drug-likeness (QED) is 0.836. The van der Waals surface area contributed by atoms with Crippen LogP contribution in [0.5, 0.6) is 0 Å². The van der Waals surface area contributed by atoms with Gasteiger partial charge in [-0.1, -0.05) is 11.6 Å². The zero-order valence-corrected chi connectivity index (χ0v) is 10.8. The Morgan fingerprint density at radius 3 is 2.68 bits per heavy atom. The number of morpholine rings is 1. The first-order chi connectivity index (χ1) is 9.24. The van der Waals surface area contributed by atoms with Crippen LogP contribution in [0.25, 0.3) is 5.82 Å². The van der Waals surface area contributed by atoms with Crippen LogP contribution in [0, 0.1) is 0 Å². The van der Waals surface area contributed by atoms with Crippen LogP contribution in [0.2, 0.25) is 5.15 Å². The summed E-state index contributed by atoms with van der Waals surface area (Å²) in [6.45, 7) is 2.82. The fourth-order valence-electron chi connectivity index (χ4n) is 1.80. The topological polar surface area (TPSA) is 95.0 Å². The Kier molecular flexibility index (Phi) is 3.18. The van der Waals surface area contributed by atoms with Crippen molar-refractivity contribution in [3.63, 3.8) is 0 Å². The van der Waals surface area contributed by atoms with Gasteiger partial charge in [-0.15, -0.1) is 15.3 Å². The molecule has 0 amide bonds. The van der Waals surface area contributed by atoms with Gasteiger partial charge in [-0.05, 0) is 12.1 Å². The molecule has 3 heterocycles. The second-order valence-electron chi connectivity index (χ2n) is 4.00. The zero-order chi connectivity index (χ0) is 13.2. The van der Waals surface area contributed by atoms with Gasteiger partial charge < -0.3 is 15.4 Å². The van der Waals surface area contributed by atoms with Crippen molar-refractivity contribution in [2.75, 3.05) is 36.9 Å². The normalized spacial score (nSPS) is 15.7. The SMILES string of the molecule is Nc1nc(N2CCOCC2)nn1-c1ccc(Cl)nn1. The Balaban J connectivity index is 1.90. The Labute approximate surface area is 114 Å². The number of nitrogens with zero attached hydrogens (tertiary/aromatic N) is 6. The molecule has 2 aromatic rings. The molecular formula is C10H12ClN7O. The molecule has 100 valence electrons. The van der Waals surface area contributed by atoms with Gasteiger partial charge in [0.15, 0.2) is 11.0 Å². The molecule has 1 aliphatic heterocycles. The summed E-state index contributed by atoms with van der Waals surface area (Å²) >= 11 is 5.69. The molecule has 9 heteroatoms. The molecule has 1 aliphatic rings. The van der Waals surface area contributed by atoms with Gasteiger partial charge in [-0.3, -0.25) is 0 Å². The van der Waals surface area contributed by atoms with Crippen molar-refractivity contribution in [3.05, 3.63) is 17.3 Å². The fraction of sp³-hybridized carbons (Fsp3) is 0.400. The first-order valence-corrected chi connectivity index (χ1v) is 6.16. The Bertz CT molecular complexity index is 564. The Morgan fingerprint density at radius 1 is 1.21 bits per heavy atom. The van der Waals surface area contributed by atoms with Crippen LogP contribution < -0.4 is 10.6 Å². The van der Waals surface area contributed by atoms with Gasteiger partial charge >= 0.3 is 0 Å². The largest absolute Gasteiger partial charge is 0.378 e. The summed E-state index contributed by atoms with van der Waals surface area (Å²) in [4.78, 5) is 6.25. The number of anilines is 2. The second-order valence-corrected chi connectivity index (χ2v) is 4.38. The molecule has 1 fully saturated rings. The van der Waals surface area contributed by atoms with Crippen LogP contribution in [0.15, 0.2) is 12.1 Å². The molecule has 2 aromatic heterocycles. The van der Waals surface area contributed by atoms with Gasteiger partial charge in [-0.25, -0.2) is 0 Å². The van der Waals surface area contributed by atoms with Crippen LogP contribution in [-0.2, 0) is 4.74 Å². The predicted molar refractivity (Wildman–Crippen MR) is 69.4 cm³/mol. The van der Waals surface area contributed by atoms with Gasteiger partial charge in [0.2, 0.25) is 11.9 Å². The maximum Gasteiger partial charge on any atom is 0.247 e. The lowest BCUT2D eigenvalue weighted by Crippen LogP contribution is -2.37. The van der Waals surface area contributed by atoms with E-state index in [0.717, 1.165) is 13.1 Å². The van der Waals surface area contributed by atoms with E-state index in [1.165, 1.54) is 4.68 Å². The van der Waals surface area contributed by atoms with Crippen molar-refractivity contribution < 1.29 is 4.74 Å². The zero-order valence-electron chi connectivity index (χ0n) is 10.0. The number of ether oxygens (including phenoxy) is 1. The third-order valence-corrected chi connectivity index (χ3v) is 2.95. The van der Waals surface area contributed by atoms with E-state index in [1.807, 2.05) is 4.90 Å². The molecule has 0 bridgehead atoms. The number of nitrogen functional groups attached to an aromatic ring is 1. The lowest BCUT2D eigenvalue weighted by Gasteiger charge is -2.25. The van der Waals surface area contributed by atoms with E-state index < -0.39 is 0 Å². The number of nitrogens with two attached hydrogens (primary N) is 1. The third kappa shape index (κ3) is 2.45. The van der Waals surface area contributed by atoms with E-state index in [2.05, 4.69) is 20.3 Å². The number of rotatable bonds is 2. The van der Waals surface area contributed by atoms with Crippen molar-refractivity contribution in [1.82, 2.24) is 25.0 Å². The summed E-state index contributed by atoms with van der Waals surface area (Å²) in [5.41, 5.74) is 5.85. The van der Waals surface area contributed by atoms with Crippen LogP contribution in [0.4, 0.5) is 11.9 Å². The Hall–Kier alpha value is -1.93. The molecule has 3 rings (SSSR count).